The van der Waals surface area contributed by atoms with Crippen LogP contribution in [0, 0.1) is 21.4 Å². The third-order valence-corrected chi connectivity index (χ3v) is 5.18. The van der Waals surface area contributed by atoms with Gasteiger partial charge < -0.3 is 14.8 Å². The van der Waals surface area contributed by atoms with Gasteiger partial charge in [0, 0.05) is 23.3 Å². The highest BCUT2D eigenvalue weighted by atomic mass is 16.7. The molecule has 1 unspecified atom stereocenters. The highest BCUT2D eigenvalue weighted by molar-refractivity contribution is 6.07. The van der Waals surface area contributed by atoms with E-state index in [1.807, 2.05) is 6.07 Å². The molecule has 2 aliphatic rings. The van der Waals surface area contributed by atoms with Gasteiger partial charge in [-0.1, -0.05) is 12.1 Å². The number of urea groups is 1. The van der Waals surface area contributed by atoms with Crippen molar-refractivity contribution >= 4 is 17.6 Å². The lowest BCUT2D eigenvalue weighted by atomic mass is 9.91. The van der Waals surface area contributed by atoms with Crippen LogP contribution in [-0.2, 0) is 28.2 Å². The Morgan fingerprint density at radius 2 is 2.03 bits per heavy atom. The normalized spacial score (nSPS) is 20.2. The zero-order valence-electron chi connectivity index (χ0n) is 15.9. The zero-order chi connectivity index (χ0) is 21.5. The van der Waals surface area contributed by atoms with Crippen LogP contribution in [0.4, 0.5) is 10.5 Å². The molecular formula is C20H16N4O6. The molecule has 4 rings (SSSR count). The smallest absolute Gasteiger partial charge is 0.325 e. The molecule has 0 saturated carbocycles. The largest absolute Gasteiger partial charge is 0.467 e. The number of ether oxygens (including phenoxy) is 2. The first-order valence-electron chi connectivity index (χ1n) is 8.99. The number of nitrogens with one attached hydrogen (secondary N) is 1. The van der Waals surface area contributed by atoms with E-state index in [4.69, 9.17) is 14.7 Å². The second kappa shape index (κ2) is 7.13. The van der Waals surface area contributed by atoms with Crippen molar-refractivity contribution in [1.82, 2.24) is 10.2 Å². The SMILES string of the molecule is CC1(c2ccc(C#N)cc2)NC(=O)N(Cc2cc([N+](=O)[O-])cc3c2OCOC3)C1=O. The number of amides is 3. The van der Waals surface area contributed by atoms with Gasteiger partial charge in [-0.15, -0.1) is 0 Å². The van der Waals surface area contributed by atoms with Crippen molar-refractivity contribution < 1.29 is 24.0 Å². The molecule has 0 spiro atoms. The van der Waals surface area contributed by atoms with Gasteiger partial charge in [0.25, 0.3) is 11.6 Å². The van der Waals surface area contributed by atoms with Crippen LogP contribution >= 0.6 is 0 Å². The average molecular weight is 408 g/mol. The molecule has 1 fully saturated rings. The molecule has 2 aromatic rings. The molecule has 0 aliphatic carbocycles. The predicted octanol–water partition coefficient (Wildman–Crippen LogP) is 2.30. The number of nitriles is 1. The molecule has 0 aromatic heterocycles. The number of non-ortho nitro benzene ring substituents is 1. The minimum absolute atomic E-state index is 0.0269. The Morgan fingerprint density at radius 1 is 1.30 bits per heavy atom. The summed E-state index contributed by atoms with van der Waals surface area (Å²) in [6.45, 7) is 1.48. The lowest BCUT2D eigenvalue weighted by Gasteiger charge is -2.24. The van der Waals surface area contributed by atoms with Crippen molar-refractivity contribution in [3.8, 4) is 11.8 Å². The summed E-state index contributed by atoms with van der Waals surface area (Å²) < 4.78 is 10.7. The number of fused-ring (bicyclic) bond motifs is 1. The van der Waals surface area contributed by atoms with E-state index in [-0.39, 0.29) is 25.6 Å². The van der Waals surface area contributed by atoms with Gasteiger partial charge in [0.2, 0.25) is 0 Å². The fourth-order valence-corrected chi connectivity index (χ4v) is 3.59. The Bertz CT molecular complexity index is 1110. The third-order valence-electron chi connectivity index (χ3n) is 5.18. The van der Waals surface area contributed by atoms with E-state index in [9.17, 15) is 19.7 Å². The minimum Gasteiger partial charge on any atom is -0.467 e. The molecule has 2 aromatic carbocycles. The number of carbonyl (C=O) groups is 2. The first-order chi connectivity index (χ1) is 14.3. The van der Waals surface area contributed by atoms with E-state index in [0.29, 0.717) is 28.0 Å². The molecule has 3 amide bonds. The summed E-state index contributed by atoms with van der Waals surface area (Å²) in [5.41, 5.74) is 0.268. The summed E-state index contributed by atoms with van der Waals surface area (Å²) in [7, 11) is 0. The molecule has 1 N–H and O–H groups in total. The van der Waals surface area contributed by atoms with Crippen LogP contribution in [0.1, 0.15) is 29.2 Å². The zero-order valence-corrected chi connectivity index (χ0v) is 15.9. The number of nitro groups is 1. The van der Waals surface area contributed by atoms with E-state index in [0.717, 1.165) is 4.90 Å². The molecule has 1 saturated heterocycles. The maximum Gasteiger partial charge on any atom is 0.325 e. The highest BCUT2D eigenvalue weighted by Gasteiger charge is 2.49. The van der Waals surface area contributed by atoms with Crippen LogP contribution in [0.5, 0.6) is 5.75 Å². The van der Waals surface area contributed by atoms with E-state index < -0.39 is 22.4 Å². The maximum atomic E-state index is 13.2. The average Bonchev–Trinajstić information content (AvgIpc) is 2.97. The van der Waals surface area contributed by atoms with Gasteiger partial charge in [-0.25, -0.2) is 4.79 Å². The standard InChI is InChI=1S/C20H16N4O6/c1-20(15-4-2-12(8-21)3-5-15)18(25)23(19(26)22-20)9-13-6-16(24(27)28)7-14-10-29-11-30-17(13)14/h2-7H,9-11H2,1H3,(H,22,26). The molecule has 1 atom stereocenters. The van der Waals surface area contributed by atoms with Crippen LogP contribution in [0.3, 0.4) is 0 Å². The minimum atomic E-state index is -1.32. The molecule has 152 valence electrons. The van der Waals surface area contributed by atoms with Crippen molar-refractivity contribution in [1.29, 1.82) is 5.26 Å². The van der Waals surface area contributed by atoms with Crippen molar-refractivity contribution in [2.45, 2.75) is 25.6 Å². The van der Waals surface area contributed by atoms with E-state index >= 15 is 0 Å². The van der Waals surface area contributed by atoms with Gasteiger partial charge in [-0.05, 0) is 24.6 Å². The molecule has 2 heterocycles. The molecule has 0 bridgehead atoms. The molecule has 10 heteroatoms. The number of nitrogens with zero attached hydrogens (tertiary/aromatic N) is 3. The molecular weight excluding hydrogens is 392 g/mol. The summed E-state index contributed by atoms with van der Waals surface area (Å²) in [6.07, 6.45) is 0. The van der Waals surface area contributed by atoms with Crippen molar-refractivity contribution in [2.75, 3.05) is 6.79 Å². The van der Waals surface area contributed by atoms with Crippen molar-refractivity contribution in [3.63, 3.8) is 0 Å². The van der Waals surface area contributed by atoms with Crippen LogP contribution in [0.25, 0.3) is 0 Å². The number of benzene rings is 2. The fourth-order valence-electron chi connectivity index (χ4n) is 3.59. The van der Waals surface area contributed by atoms with Gasteiger partial charge in [0.15, 0.2) is 6.79 Å². The number of hydrogen-bond donors (Lipinski definition) is 1. The number of nitro benzene ring substituents is 1. The second-order valence-electron chi connectivity index (χ2n) is 7.10. The summed E-state index contributed by atoms with van der Waals surface area (Å²) in [6, 6.07) is 10.4. The predicted molar refractivity (Wildman–Crippen MR) is 101 cm³/mol. The Hall–Kier alpha value is -3.97. The number of carbonyl (C=O) groups excluding carboxylic acids is 2. The Balaban J connectivity index is 1.68. The van der Waals surface area contributed by atoms with Crippen molar-refractivity contribution in [2.24, 2.45) is 0 Å². The van der Waals surface area contributed by atoms with E-state index in [2.05, 4.69) is 5.32 Å². The van der Waals surface area contributed by atoms with Gasteiger partial charge >= 0.3 is 6.03 Å². The molecule has 30 heavy (non-hydrogen) atoms. The summed E-state index contributed by atoms with van der Waals surface area (Å²) in [4.78, 5) is 37.5. The van der Waals surface area contributed by atoms with E-state index in [1.54, 1.807) is 31.2 Å². The third kappa shape index (κ3) is 3.11. The summed E-state index contributed by atoms with van der Waals surface area (Å²) in [5, 5.41) is 22.9. The quantitative estimate of drug-likeness (QED) is 0.466. The maximum absolute atomic E-state index is 13.2. The van der Waals surface area contributed by atoms with Crippen molar-refractivity contribution in [3.05, 3.63) is 68.8 Å². The number of imide groups is 1. The van der Waals surface area contributed by atoms with Gasteiger partial charge in [0.1, 0.15) is 11.3 Å². The Morgan fingerprint density at radius 3 is 2.70 bits per heavy atom. The van der Waals surface area contributed by atoms with Crippen LogP contribution in [-0.4, -0.2) is 28.6 Å². The van der Waals surface area contributed by atoms with Crippen LogP contribution < -0.4 is 10.1 Å². The Kier molecular flexibility index (Phi) is 4.60. The van der Waals surface area contributed by atoms with Crippen LogP contribution in [0.15, 0.2) is 36.4 Å². The first kappa shape index (κ1) is 19.4. The fraction of sp³-hybridized carbons (Fsp3) is 0.250. The van der Waals surface area contributed by atoms with Crippen LogP contribution in [0.2, 0.25) is 0 Å². The highest BCUT2D eigenvalue weighted by Crippen LogP contribution is 2.36. The molecule has 0 radical (unpaired) electrons. The summed E-state index contributed by atoms with van der Waals surface area (Å²) in [5.74, 6) is -0.135. The number of hydrogen-bond acceptors (Lipinski definition) is 7. The van der Waals surface area contributed by atoms with Gasteiger partial charge in [0.05, 0.1) is 29.7 Å². The molecule has 10 nitrogen and oxygen atoms in total. The van der Waals surface area contributed by atoms with Gasteiger partial charge in [-0.2, -0.15) is 5.26 Å². The van der Waals surface area contributed by atoms with E-state index in [1.165, 1.54) is 12.1 Å². The summed E-state index contributed by atoms with van der Waals surface area (Å²) >= 11 is 0. The Labute approximate surface area is 170 Å². The second-order valence-corrected chi connectivity index (χ2v) is 7.10. The number of rotatable bonds is 4. The lowest BCUT2D eigenvalue weighted by molar-refractivity contribution is -0.385. The molecule has 2 aliphatic heterocycles. The lowest BCUT2D eigenvalue weighted by Crippen LogP contribution is -2.40. The monoisotopic (exact) mass is 408 g/mol. The van der Waals surface area contributed by atoms with Gasteiger partial charge in [-0.3, -0.25) is 19.8 Å². The first-order valence-corrected chi connectivity index (χ1v) is 8.99. The topological polar surface area (TPSA) is 135 Å².